The van der Waals surface area contributed by atoms with Gasteiger partial charge in [-0.15, -0.1) is 0 Å². The number of sulfonamides is 1. The monoisotopic (exact) mass is 424 g/mol. The molecule has 0 radical (unpaired) electrons. The van der Waals surface area contributed by atoms with Gasteiger partial charge in [0.25, 0.3) is 21.8 Å². The molecule has 0 atom stereocenters. The number of rotatable bonds is 4. The summed E-state index contributed by atoms with van der Waals surface area (Å²) >= 11 is 0. The highest BCUT2D eigenvalue weighted by atomic mass is 32.2. The van der Waals surface area contributed by atoms with Crippen molar-refractivity contribution >= 4 is 21.8 Å². The van der Waals surface area contributed by atoms with E-state index in [1.54, 1.807) is 11.0 Å². The minimum atomic E-state index is -3.85. The lowest BCUT2D eigenvalue weighted by molar-refractivity contribution is 0.0689. The van der Waals surface area contributed by atoms with E-state index >= 15 is 0 Å². The van der Waals surface area contributed by atoms with Crippen LogP contribution in [0, 0.1) is 5.92 Å². The van der Waals surface area contributed by atoms with Gasteiger partial charge in [0, 0.05) is 24.7 Å². The molecule has 0 aromatic heterocycles. The largest absolute Gasteiger partial charge is 0.339 e. The second-order valence-electron chi connectivity index (χ2n) is 8.47. The van der Waals surface area contributed by atoms with Crippen LogP contribution in [-0.2, 0) is 16.4 Å². The molecule has 30 heavy (non-hydrogen) atoms. The van der Waals surface area contributed by atoms with Gasteiger partial charge in [0.15, 0.2) is 0 Å². The Morgan fingerprint density at radius 1 is 0.967 bits per heavy atom. The molecule has 1 aliphatic carbocycles. The Kier molecular flexibility index (Phi) is 4.65. The summed E-state index contributed by atoms with van der Waals surface area (Å²) in [4.78, 5) is 27.3. The first-order valence-electron chi connectivity index (χ1n) is 10.5. The number of carbonyl (C=O) groups is 2. The normalized spacial score (nSPS) is 21.0. The van der Waals surface area contributed by atoms with E-state index in [2.05, 4.69) is 12.1 Å². The van der Waals surface area contributed by atoms with Gasteiger partial charge in [-0.1, -0.05) is 30.3 Å². The molecule has 0 N–H and O–H groups in total. The second kappa shape index (κ2) is 7.23. The maximum absolute atomic E-state index is 13.0. The molecule has 3 aliphatic rings. The summed E-state index contributed by atoms with van der Waals surface area (Å²) in [6.45, 7) is 1.32. The van der Waals surface area contributed by atoms with Gasteiger partial charge in [-0.2, -0.15) is 0 Å². The van der Waals surface area contributed by atoms with E-state index in [0.717, 1.165) is 23.6 Å². The first-order valence-corrected chi connectivity index (χ1v) is 11.9. The molecule has 1 saturated carbocycles. The predicted molar refractivity (Wildman–Crippen MR) is 112 cm³/mol. The number of carbonyl (C=O) groups excluding carboxylic acids is 2. The van der Waals surface area contributed by atoms with Gasteiger partial charge in [-0.05, 0) is 61.8 Å². The fraction of sp³-hybridized carbons (Fsp3) is 0.391. The predicted octanol–water partition coefficient (Wildman–Crippen LogP) is 3.09. The van der Waals surface area contributed by atoms with Crippen LogP contribution < -0.4 is 0 Å². The van der Waals surface area contributed by atoms with E-state index in [-0.39, 0.29) is 22.4 Å². The topological polar surface area (TPSA) is 74.8 Å². The van der Waals surface area contributed by atoms with Crippen LogP contribution in [0.4, 0.5) is 0 Å². The maximum atomic E-state index is 13.0. The Morgan fingerprint density at radius 2 is 1.67 bits per heavy atom. The summed E-state index contributed by atoms with van der Waals surface area (Å²) in [6.07, 6.45) is 4.29. The fourth-order valence-electron chi connectivity index (χ4n) is 4.52. The van der Waals surface area contributed by atoms with E-state index in [1.165, 1.54) is 17.7 Å². The molecular weight excluding hydrogens is 400 g/mol. The van der Waals surface area contributed by atoms with Crippen LogP contribution in [0.1, 0.15) is 52.0 Å². The molecule has 0 spiro atoms. The summed E-state index contributed by atoms with van der Waals surface area (Å²) in [6, 6.07) is 14.6. The number of likely N-dealkylation sites (tertiary alicyclic amines) is 1. The minimum Gasteiger partial charge on any atom is -0.339 e. The van der Waals surface area contributed by atoms with Crippen molar-refractivity contribution in [1.82, 2.24) is 9.21 Å². The van der Waals surface area contributed by atoms with Crippen LogP contribution in [0.5, 0.6) is 0 Å². The highest BCUT2D eigenvalue weighted by Gasteiger charge is 2.49. The molecule has 5 rings (SSSR count). The van der Waals surface area contributed by atoms with Crippen molar-refractivity contribution in [2.45, 2.75) is 43.0 Å². The van der Waals surface area contributed by atoms with Crippen molar-refractivity contribution in [2.24, 2.45) is 5.92 Å². The standard InChI is InChI=1S/C23H24N2O4S/c26-22(24-12-10-17(11-13-24)14-16-4-2-1-3-5-16)18-6-9-20-21(15-18)30(28,29)25(23(20)27)19-7-8-19/h1-6,9,15,17,19H,7-8,10-14H2. The van der Waals surface area contributed by atoms with Crippen molar-refractivity contribution < 1.29 is 18.0 Å². The van der Waals surface area contributed by atoms with Crippen LogP contribution in [0.3, 0.4) is 0 Å². The Hall–Kier alpha value is -2.67. The smallest absolute Gasteiger partial charge is 0.269 e. The molecule has 0 bridgehead atoms. The Morgan fingerprint density at radius 3 is 2.33 bits per heavy atom. The lowest BCUT2D eigenvalue weighted by atomic mass is 9.90. The summed E-state index contributed by atoms with van der Waals surface area (Å²) in [7, 11) is -3.85. The van der Waals surface area contributed by atoms with Crippen molar-refractivity contribution in [3.8, 4) is 0 Å². The number of amides is 2. The third-order valence-corrected chi connectivity index (χ3v) is 8.22. The summed E-state index contributed by atoms with van der Waals surface area (Å²) in [5, 5.41) is 0. The Bertz CT molecular complexity index is 1100. The number of nitrogens with zero attached hydrogens (tertiary/aromatic N) is 2. The number of fused-ring (bicyclic) bond motifs is 1. The van der Waals surface area contributed by atoms with E-state index in [1.807, 2.05) is 18.2 Å². The molecular formula is C23H24N2O4S. The zero-order valence-electron chi connectivity index (χ0n) is 16.7. The highest BCUT2D eigenvalue weighted by Crippen LogP contribution is 2.39. The Balaban J connectivity index is 1.29. The van der Waals surface area contributed by atoms with E-state index in [0.29, 0.717) is 37.4 Å². The molecule has 1 saturated heterocycles. The minimum absolute atomic E-state index is 0.0239. The number of piperidine rings is 1. The van der Waals surface area contributed by atoms with Crippen LogP contribution in [-0.4, -0.2) is 48.6 Å². The van der Waals surface area contributed by atoms with Gasteiger partial charge in [0.05, 0.1) is 5.56 Å². The van der Waals surface area contributed by atoms with E-state index in [4.69, 9.17) is 0 Å². The third kappa shape index (κ3) is 3.31. The van der Waals surface area contributed by atoms with Crippen molar-refractivity contribution in [3.63, 3.8) is 0 Å². The van der Waals surface area contributed by atoms with Crippen LogP contribution in [0.25, 0.3) is 0 Å². The molecule has 2 aromatic rings. The molecule has 7 heteroatoms. The number of hydrogen-bond acceptors (Lipinski definition) is 4. The van der Waals surface area contributed by atoms with Crippen LogP contribution >= 0.6 is 0 Å². The van der Waals surface area contributed by atoms with Gasteiger partial charge in [0.1, 0.15) is 4.90 Å². The average molecular weight is 425 g/mol. The SMILES string of the molecule is O=C(c1ccc2c(c1)S(=O)(=O)N(C1CC1)C2=O)N1CCC(Cc2ccccc2)CC1. The quantitative estimate of drug-likeness (QED) is 0.756. The zero-order valence-corrected chi connectivity index (χ0v) is 17.5. The van der Waals surface area contributed by atoms with Crippen LogP contribution in [0.2, 0.25) is 0 Å². The lowest BCUT2D eigenvalue weighted by Gasteiger charge is -2.32. The molecule has 2 fully saturated rings. The van der Waals surface area contributed by atoms with Crippen molar-refractivity contribution in [2.75, 3.05) is 13.1 Å². The number of hydrogen-bond donors (Lipinski definition) is 0. The second-order valence-corrected chi connectivity index (χ2v) is 10.3. The molecule has 2 aromatic carbocycles. The fourth-order valence-corrected chi connectivity index (χ4v) is 6.36. The first-order chi connectivity index (χ1) is 14.4. The van der Waals surface area contributed by atoms with E-state index in [9.17, 15) is 18.0 Å². The highest BCUT2D eigenvalue weighted by molar-refractivity contribution is 7.90. The van der Waals surface area contributed by atoms with E-state index < -0.39 is 15.9 Å². The molecule has 0 unspecified atom stereocenters. The molecule has 2 amide bonds. The summed E-state index contributed by atoms with van der Waals surface area (Å²) in [5.41, 5.74) is 1.83. The third-order valence-electron chi connectivity index (χ3n) is 6.34. The summed E-state index contributed by atoms with van der Waals surface area (Å²) in [5.74, 6) is -0.0849. The molecule has 2 heterocycles. The maximum Gasteiger partial charge on any atom is 0.269 e. The van der Waals surface area contributed by atoms with Gasteiger partial charge < -0.3 is 4.90 Å². The van der Waals surface area contributed by atoms with Gasteiger partial charge >= 0.3 is 0 Å². The molecule has 6 nitrogen and oxygen atoms in total. The lowest BCUT2D eigenvalue weighted by Crippen LogP contribution is -2.39. The van der Waals surface area contributed by atoms with Gasteiger partial charge in [-0.25, -0.2) is 12.7 Å². The first kappa shape index (κ1) is 19.3. The Labute approximate surface area is 176 Å². The van der Waals surface area contributed by atoms with Gasteiger partial charge in [0.2, 0.25) is 0 Å². The summed E-state index contributed by atoms with van der Waals surface area (Å²) < 4.78 is 26.6. The molecule has 156 valence electrons. The average Bonchev–Trinajstić information content (AvgIpc) is 3.56. The molecule has 2 aliphatic heterocycles. The number of benzene rings is 2. The zero-order chi connectivity index (χ0) is 20.9. The van der Waals surface area contributed by atoms with Crippen molar-refractivity contribution in [1.29, 1.82) is 0 Å². The van der Waals surface area contributed by atoms with Crippen molar-refractivity contribution in [3.05, 3.63) is 65.2 Å². The van der Waals surface area contributed by atoms with Gasteiger partial charge in [-0.3, -0.25) is 9.59 Å². The van der Waals surface area contributed by atoms with Crippen LogP contribution in [0.15, 0.2) is 53.4 Å².